The van der Waals surface area contributed by atoms with Gasteiger partial charge in [-0.25, -0.2) is 0 Å². The average Bonchev–Trinajstić information content (AvgIpc) is 3.00. The second-order valence-corrected chi connectivity index (χ2v) is 7.58. The number of nitrogens with zero attached hydrogens (tertiary/aromatic N) is 1. The molecule has 1 fully saturated rings. The van der Waals surface area contributed by atoms with Crippen LogP contribution in [0.3, 0.4) is 0 Å². The van der Waals surface area contributed by atoms with Crippen LogP contribution in [0.2, 0.25) is 0 Å². The molecule has 0 aromatic carbocycles. The largest absolute Gasteiger partial charge is 0.394 e. The van der Waals surface area contributed by atoms with Gasteiger partial charge < -0.3 is 15.3 Å². The van der Waals surface area contributed by atoms with Crippen LogP contribution in [0.5, 0.6) is 0 Å². The molecule has 1 aliphatic rings. The number of unbranched alkanes of at least 4 members (excludes halogenated alkanes) is 1. The van der Waals surface area contributed by atoms with Crippen LogP contribution in [0.15, 0.2) is 0 Å². The maximum Gasteiger partial charge on any atom is 0.0610 e. The van der Waals surface area contributed by atoms with Crippen molar-refractivity contribution in [3.05, 3.63) is 0 Å². The number of hydrogen-bond acceptors (Lipinski definition) is 3. The predicted molar refractivity (Wildman–Crippen MR) is 91.7 cm³/mol. The van der Waals surface area contributed by atoms with E-state index in [1.54, 1.807) is 0 Å². The highest BCUT2D eigenvalue weighted by Crippen LogP contribution is 2.25. The van der Waals surface area contributed by atoms with Gasteiger partial charge in [-0.15, -0.1) is 0 Å². The molecule has 3 nitrogen and oxygen atoms in total. The van der Waals surface area contributed by atoms with E-state index in [4.69, 9.17) is 0 Å². The van der Waals surface area contributed by atoms with Crippen LogP contribution in [0, 0.1) is 5.92 Å². The van der Waals surface area contributed by atoms with Gasteiger partial charge >= 0.3 is 0 Å². The average molecular weight is 299 g/mol. The third-order valence-corrected chi connectivity index (χ3v) is 5.21. The van der Waals surface area contributed by atoms with E-state index < -0.39 is 0 Å². The number of aliphatic hydroxyl groups is 1. The highest BCUT2D eigenvalue weighted by Gasteiger charge is 2.23. The standard InChI is InChI=1S/C18H38N2O/c1-16(2)11-14-20(17-9-5-6-10-17)13-8-7-12-18(3,15-21)19-4/h16-17,19,21H,5-15H2,1-4H3. The molecule has 0 saturated heterocycles. The maximum absolute atomic E-state index is 9.44. The molecule has 1 rings (SSSR count). The maximum atomic E-state index is 9.44. The Labute approximate surface area is 132 Å². The molecule has 0 heterocycles. The number of aliphatic hydroxyl groups excluding tert-OH is 1. The lowest BCUT2D eigenvalue weighted by Gasteiger charge is -2.31. The summed E-state index contributed by atoms with van der Waals surface area (Å²) in [5.41, 5.74) is -0.101. The fourth-order valence-corrected chi connectivity index (χ4v) is 3.28. The lowest BCUT2D eigenvalue weighted by atomic mass is 9.96. The molecule has 0 aromatic heterocycles. The summed E-state index contributed by atoms with van der Waals surface area (Å²) in [5, 5.41) is 12.7. The summed E-state index contributed by atoms with van der Waals surface area (Å²) in [6.45, 7) is 9.50. The van der Waals surface area contributed by atoms with Crippen molar-refractivity contribution in [2.24, 2.45) is 5.92 Å². The Morgan fingerprint density at radius 3 is 2.38 bits per heavy atom. The summed E-state index contributed by atoms with van der Waals surface area (Å²) in [6.07, 6.45) is 10.5. The van der Waals surface area contributed by atoms with Gasteiger partial charge in [0.05, 0.1) is 6.61 Å². The SMILES string of the molecule is CNC(C)(CO)CCCCN(CCC(C)C)C1CCCC1. The van der Waals surface area contributed by atoms with Crippen LogP contribution in [-0.4, -0.2) is 48.3 Å². The van der Waals surface area contributed by atoms with E-state index in [2.05, 4.69) is 31.0 Å². The molecule has 0 aliphatic heterocycles. The van der Waals surface area contributed by atoms with Gasteiger partial charge in [-0.3, -0.25) is 0 Å². The first-order valence-corrected chi connectivity index (χ1v) is 9.04. The van der Waals surface area contributed by atoms with E-state index in [1.807, 2.05) is 7.05 Å². The monoisotopic (exact) mass is 298 g/mol. The van der Waals surface area contributed by atoms with Gasteiger partial charge in [0.2, 0.25) is 0 Å². The first-order chi connectivity index (χ1) is 10.0. The van der Waals surface area contributed by atoms with E-state index in [0.717, 1.165) is 18.4 Å². The number of nitrogens with one attached hydrogen (secondary N) is 1. The van der Waals surface area contributed by atoms with Crippen molar-refractivity contribution in [1.82, 2.24) is 10.2 Å². The van der Waals surface area contributed by atoms with Gasteiger partial charge in [-0.05, 0) is 65.1 Å². The summed E-state index contributed by atoms with van der Waals surface area (Å²) < 4.78 is 0. The molecular formula is C18H38N2O. The Balaban J connectivity index is 2.31. The van der Waals surface area contributed by atoms with E-state index in [0.29, 0.717) is 0 Å². The molecule has 1 atom stereocenters. The summed E-state index contributed by atoms with van der Waals surface area (Å²) in [6, 6.07) is 0.845. The van der Waals surface area contributed by atoms with Crippen molar-refractivity contribution in [3.8, 4) is 0 Å². The van der Waals surface area contributed by atoms with E-state index in [9.17, 15) is 5.11 Å². The van der Waals surface area contributed by atoms with Gasteiger partial charge in [-0.2, -0.15) is 0 Å². The highest BCUT2D eigenvalue weighted by atomic mass is 16.3. The summed E-state index contributed by atoms with van der Waals surface area (Å²) in [4.78, 5) is 2.75. The lowest BCUT2D eigenvalue weighted by Crippen LogP contribution is -2.43. The molecule has 2 N–H and O–H groups in total. The minimum absolute atomic E-state index is 0.101. The van der Waals surface area contributed by atoms with Crippen molar-refractivity contribution < 1.29 is 5.11 Å². The van der Waals surface area contributed by atoms with Crippen molar-refractivity contribution >= 4 is 0 Å². The van der Waals surface area contributed by atoms with Crippen molar-refractivity contribution in [2.75, 3.05) is 26.7 Å². The van der Waals surface area contributed by atoms with Crippen LogP contribution in [0.1, 0.15) is 72.1 Å². The van der Waals surface area contributed by atoms with Crippen LogP contribution in [-0.2, 0) is 0 Å². The molecular weight excluding hydrogens is 260 g/mol. The summed E-state index contributed by atoms with van der Waals surface area (Å²) in [7, 11) is 1.95. The summed E-state index contributed by atoms with van der Waals surface area (Å²) in [5.74, 6) is 0.802. The highest BCUT2D eigenvalue weighted by molar-refractivity contribution is 4.81. The zero-order valence-corrected chi connectivity index (χ0v) is 14.8. The Morgan fingerprint density at radius 1 is 1.19 bits per heavy atom. The molecule has 0 spiro atoms. The molecule has 1 unspecified atom stereocenters. The van der Waals surface area contributed by atoms with Gasteiger partial charge in [0.1, 0.15) is 0 Å². The predicted octanol–water partition coefficient (Wildman–Crippen LogP) is 3.42. The molecule has 0 radical (unpaired) electrons. The zero-order valence-electron chi connectivity index (χ0n) is 14.8. The zero-order chi connectivity index (χ0) is 15.7. The van der Waals surface area contributed by atoms with Gasteiger partial charge in [0.25, 0.3) is 0 Å². The van der Waals surface area contributed by atoms with Crippen LogP contribution < -0.4 is 5.32 Å². The molecule has 1 aliphatic carbocycles. The second-order valence-electron chi connectivity index (χ2n) is 7.58. The van der Waals surface area contributed by atoms with E-state index >= 15 is 0 Å². The smallest absolute Gasteiger partial charge is 0.0610 e. The number of likely N-dealkylation sites (N-methyl/N-ethyl adjacent to an activating group) is 1. The molecule has 126 valence electrons. The Bertz CT molecular complexity index is 258. The second kappa shape index (κ2) is 9.81. The molecule has 0 amide bonds. The third kappa shape index (κ3) is 7.12. The van der Waals surface area contributed by atoms with Crippen molar-refractivity contribution in [2.45, 2.75) is 83.7 Å². The van der Waals surface area contributed by atoms with Gasteiger partial charge in [0.15, 0.2) is 0 Å². The molecule has 1 saturated carbocycles. The molecule has 0 aromatic rings. The fraction of sp³-hybridized carbons (Fsp3) is 1.00. The Morgan fingerprint density at radius 2 is 1.86 bits per heavy atom. The van der Waals surface area contributed by atoms with E-state index in [1.165, 1.54) is 58.0 Å². The van der Waals surface area contributed by atoms with Crippen LogP contribution in [0.4, 0.5) is 0 Å². The first kappa shape index (κ1) is 18.9. The fourth-order valence-electron chi connectivity index (χ4n) is 3.28. The molecule has 3 heteroatoms. The van der Waals surface area contributed by atoms with Crippen LogP contribution in [0.25, 0.3) is 0 Å². The lowest BCUT2D eigenvalue weighted by molar-refractivity contribution is 0.160. The van der Waals surface area contributed by atoms with E-state index in [-0.39, 0.29) is 12.1 Å². The Kier molecular flexibility index (Phi) is 8.84. The minimum atomic E-state index is -0.101. The van der Waals surface area contributed by atoms with Gasteiger partial charge in [0, 0.05) is 11.6 Å². The molecule has 21 heavy (non-hydrogen) atoms. The normalized spacial score (nSPS) is 19.6. The van der Waals surface area contributed by atoms with Gasteiger partial charge in [-0.1, -0.05) is 33.1 Å². The van der Waals surface area contributed by atoms with Crippen molar-refractivity contribution in [1.29, 1.82) is 0 Å². The first-order valence-electron chi connectivity index (χ1n) is 9.04. The Hall–Kier alpha value is -0.120. The number of hydrogen-bond donors (Lipinski definition) is 2. The quantitative estimate of drug-likeness (QED) is 0.574. The minimum Gasteiger partial charge on any atom is -0.394 e. The topological polar surface area (TPSA) is 35.5 Å². The van der Waals surface area contributed by atoms with Crippen molar-refractivity contribution in [3.63, 3.8) is 0 Å². The van der Waals surface area contributed by atoms with Crippen LogP contribution >= 0.6 is 0 Å². The summed E-state index contributed by atoms with van der Waals surface area (Å²) >= 11 is 0. The third-order valence-electron chi connectivity index (χ3n) is 5.21. The molecule has 0 bridgehead atoms. The number of rotatable bonds is 11.